The first-order valence-electron chi connectivity index (χ1n) is 3.76. The average Bonchev–Trinajstić information content (AvgIpc) is 2.09. The molecule has 0 aromatic carbocycles. The van der Waals surface area contributed by atoms with Crippen LogP contribution < -0.4 is 0 Å². The monoisotopic (exact) mass is 391 g/mol. The number of hydrogen-bond donors (Lipinski definition) is 1. The molecule has 0 spiro atoms. The average molecular weight is 392 g/mol. The van der Waals surface area contributed by atoms with Crippen molar-refractivity contribution in [1.29, 1.82) is 0 Å². The number of aromatic nitrogens is 1. The van der Waals surface area contributed by atoms with E-state index in [1.165, 1.54) is 6.07 Å². The molecule has 0 saturated heterocycles. The molecule has 0 aliphatic heterocycles. The van der Waals surface area contributed by atoms with E-state index in [0.29, 0.717) is 9.26 Å². The molecule has 0 unspecified atom stereocenters. The number of nitrogens with zero attached hydrogens (tertiary/aromatic N) is 1. The fourth-order valence-corrected chi connectivity index (χ4v) is 2.16. The fourth-order valence-electron chi connectivity index (χ4n) is 1.00. The lowest BCUT2D eigenvalue weighted by Gasteiger charge is -2.07. The number of carboxylic acids is 1. The van der Waals surface area contributed by atoms with Gasteiger partial charge >= 0.3 is 5.97 Å². The molecule has 1 aromatic rings. The van der Waals surface area contributed by atoms with Crippen molar-refractivity contribution >= 4 is 44.5 Å². The van der Waals surface area contributed by atoms with Gasteiger partial charge in [0.05, 0.1) is 6.42 Å². The van der Waals surface area contributed by atoms with Gasteiger partial charge in [0.1, 0.15) is 9.39 Å². The highest BCUT2D eigenvalue weighted by molar-refractivity contribution is 14.1. The smallest absolute Gasteiger partial charge is 0.307 e. The van der Waals surface area contributed by atoms with E-state index in [-0.39, 0.29) is 10.9 Å². The molecule has 0 fully saturated rings. The first-order valence-corrected chi connectivity index (χ1v) is 5.63. The fraction of sp³-hybridized carbons (Fsp3) is 0.250. The van der Waals surface area contributed by atoms with Crippen molar-refractivity contribution in [3.05, 3.63) is 25.5 Å². The Morgan fingerprint density at radius 2 is 2.27 bits per heavy atom. The van der Waals surface area contributed by atoms with Crippen LogP contribution in [0.5, 0.6) is 0 Å². The topological polar surface area (TPSA) is 50.2 Å². The van der Waals surface area contributed by atoms with E-state index < -0.39 is 18.1 Å². The van der Waals surface area contributed by atoms with Crippen LogP contribution in [-0.4, -0.2) is 16.1 Å². The van der Waals surface area contributed by atoms with Gasteiger partial charge < -0.3 is 5.11 Å². The molecule has 82 valence electrons. The van der Waals surface area contributed by atoms with E-state index in [0.717, 1.165) is 0 Å². The van der Waals surface area contributed by atoms with Gasteiger partial charge in [-0.15, -0.1) is 0 Å². The Kier molecular flexibility index (Phi) is 4.38. The van der Waals surface area contributed by atoms with Gasteiger partial charge in [0, 0.05) is 4.47 Å². The molecule has 1 heterocycles. The molecule has 15 heavy (non-hydrogen) atoms. The summed E-state index contributed by atoms with van der Waals surface area (Å²) < 4.78 is 25.4. The summed E-state index contributed by atoms with van der Waals surface area (Å²) in [4.78, 5) is 14.1. The Hall–Kier alpha value is -0.310. The van der Waals surface area contributed by atoms with E-state index >= 15 is 0 Å². The van der Waals surface area contributed by atoms with Crippen molar-refractivity contribution in [3.8, 4) is 0 Å². The van der Waals surface area contributed by atoms with E-state index in [4.69, 9.17) is 5.11 Å². The molecule has 0 bridgehead atoms. The predicted octanol–water partition coefficient (Wildman–Crippen LogP) is 3.01. The molecule has 0 radical (unpaired) electrons. The third-order valence-electron chi connectivity index (χ3n) is 1.58. The minimum Gasteiger partial charge on any atom is -0.481 e. The minimum atomic E-state index is -2.72. The first-order chi connectivity index (χ1) is 6.91. The lowest BCUT2D eigenvalue weighted by atomic mass is 10.2. The molecule has 0 amide bonds. The summed E-state index contributed by atoms with van der Waals surface area (Å²) in [6.07, 6.45) is -3.03. The molecule has 0 saturated carbocycles. The number of carbonyl (C=O) groups is 1. The predicted molar refractivity (Wildman–Crippen MR) is 61.0 cm³/mol. The Labute approximate surface area is 106 Å². The summed E-state index contributed by atoms with van der Waals surface area (Å²) in [6, 6.07) is 1.46. The zero-order chi connectivity index (χ0) is 11.6. The van der Waals surface area contributed by atoms with Gasteiger partial charge in [-0.3, -0.25) is 4.79 Å². The molecule has 7 heteroatoms. The second kappa shape index (κ2) is 5.15. The summed E-state index contributed by atoms with van der Waals surface area (Å²) in [5, 5.41) is 8.58. The first kappa shape index (κ1) is 12.8. The van der Waals surface area contributed by atoms with E-state index in [1.807, 2.05) is 0 Å². The molecule has 0 atom stereocenters. The number of rotatable bonds is 3. The van der Waals surface area contributed by atoms with Crippen LogP contribution in [0, 0.1) is 3.70 Å². The number of pyridine rings is 1. The Bertz CT molecular complexity index is 400. The highest BCUT2D eigenvalue weighted by Gasteiger charge is 2.18. The zero-order valence-electron chi connectivity index (χ0n) is 7.18. The van der Waals surface area contributed by atoms with Crippen molar-refractivity contribution < 1.29 is 18.7 Å². The SMILES string of the molecule is O=C(O)Cc1cc(I)nc(C(F)F)c1Br. The van der Waals surface area contributed by atoms with E-state index in [2.05, 4.69) is 20.9 Å². The second-order valence-corrected chi connectivity index (χ2v) is 4.57. The number of alkyl halides is 2. The third-order valence-corrected chi connectivity index (χ3v) is 3.04. The lowest BCUT2D eigenvalue weighted by molar-refractivity contribution is -0.136. The van der Waals surface area contributed by atoms with Crippen molar-refractivity contribution in [2.24, 2.45) is 0 Å². The van der Waals surface area contributed by atoms with Crippen molar-refractivity contribution in [3.63, 3.8) is 0 Å². The Morgan fingerprint density at radius 3 is 2.73 bits per heavy atom. The second-order valence-electron chi connectivity index (χ2n) is 2.67. The summed E-state index contributed by atoms with van der Waals surface area (Å²) in [5.74, 6) is -1.07. The van der Waals surface area contributed by atoms with Gasteiger partial charge in [0.15, 0.2) is 0 Å². The summed E-state index contributed by atoms with van der Waals surface area (Å²) in [5.41, 5.74) is -0.115. The zero-order valence-corrected chi connectivity index (χ0v) is 10.9. The molecule has 0 aliphatic rings. The van der Waals surface area contributed by atoms with Gasteiger partial charge in [-0.1, -0.05) is 0 Å². The van der Waals surface area contributed by atoms with Gasteiger partial charge in [0.2, 0.25) is 0 Å². The lowest BCUT2D eigenvalue weighted by Crippen LogP contribution is -2.05. The number of halogens is 4. The summed E-state index contributed by atoms with van der Waals surface area (Å²) in [6.45, 7) is 0. The van der Waals surface area contributed by atoms with Crippen molar-refractivity contribution in [2.75, 3.05) is 0 Å². The normalized spacial score (nSPS) is 10.7. The molecule has 1 rings (SSSR count). The quantitative estimate of drug-likeness (QED) is 0.636. The maximum Gasteiger partial charge on any atom is 0.307 e. The van der Waals surface area contributed by atoms with E-state index in [9.17, 15) is 13.6 Å². The molecule has 1 aromatic heterocycles. The standard InChI is InChI=1S/C8H5BrF2INO2/c9-6-3(2-5(14)15)1-4(12)13-7(6)8(10)11/h1,8H,2H2,(H,14,15). The van der Waals surface area contributed by atoms with Gasteiger partial charge in [-0.05, 0) is 50.2 Å². The van der Waals surface area contributed by atoms with Crippen LogP contribution in [0.15, 0.2) is 10.5 Å². The van der Waals surface area contributed by atoms with Crippen LogP contribution >= 0.6 is 38.5 Å². The van der Waals surface area contributed by atoms with Crippen LogP contribution in [0.3, 0.4) is 0 Å². The molecule has 1 N–H and O–H groups in total. The van der Waals surface area contributed by atoms with Gasteiger partial charge in [-0.25, -0.2) is 13.8 Å². The summed E-state index contributed by atoms with van der Waals surface area (Å²) in [7, 11) is 0. The van der Waals surface area contributed by atoms with Crippen molar-refractivity contribution in [1.82, 2.24) is 4.98 Å². The Morgan fingerprint density at radius 1 is 1.67 bits per heavy atom. The highest BCUT2D eigenvalue weighted by Crippen LogP contribution is 2.29. The van der Waals surface area contributed by atoms with Gasteiger partial charge in [-0.2, -0.15) is 0 Å². The highest BCUT2D eigenvalue weighted by atomic mass is 127. The van der Waals surface area contributed by atoms with Crippen LogP contribution in [-0.2, 0) is 11.2 Å². The van der Waals surface area contributed by atoms with E-state index in [1.54, 1.807) is 22.6 Å². The van der Waals surface area contributed by atoms with Crippen LogP contribution in [0.1, 0.15) is 17.7 Å². The molecular weight excluding hydrogens is 387 g/mol. The number of hydrogen-bond acceptors (Lipinski definition) is 2. The van der Waals surface area contributed by atoms with Crippen LogP contribution in [0.25, 0.3) is 0 Å². The maximum absolute atomic E-state index is 12.5. The van der Waals surface area contributed by atoms with Crippen molar-refractivity contribution in [2.45, 2.75) is 12.8 Å². The molecular formula is C8H5BrF2INO2. The third kappa shape index (κ3) is 3.33. The molecule has 0 aliphatic carbocycles. The summed E-state index contributed by atoms with van der Waals surface area (Å²) >= 11 is 4.70. The van der Waals surface area contributed by atoms with Gasteiger partial charge in [0.25, 0.3) is 6.43 Å². The number of carboxylic acid groups (broad SMARTS) is 1. The molecule has 3 nitrogen and oxygen atoms in total. The van der Waals surface area contributed by atoms with Crippen LogP contribution in [0.2, 0.25) is 0 Å². The largest absolute Gasteiger partial charge is 0.481 e. The number of aliphatic carboxylic acids is 1. The van der Waals surface area contributed by atoms with Crippen LogP contribution in [0.4, 0.5) is 8.78 Å². The maximum atomic E-state index is 12.5. The minimum absolute atomic E-state index is 0.0697. The Balaban J connectivity index is 3.21.